The smallest absolute Gasteiger partial charge is 0.416 e. The van der Waals surface area contributed by atoms with Gasteiger partial charge in [0.1, 0.15) is 17.1 Å². The van der Waals surface area contributed by atoms with Gasteiger partial charge in [0, 0.05) is 18.0 Å². The molecular weight excluding hydrogens is 484 g/mol. The summed E-state index contributed by atoms with van der Waals surface area (Å²) in [5.74, 6) is -1.24. The van der Waals surface area contributed by atoms with E-state index in [1.54, 1.807) is 27.7 Å². The van der Waals surface area contributed by atoms with Crippen LogP contribution in [0.25, 0.3) is 0 Å². The SMILES string of the molecule is CCN(C(=O)OC(C)(C)C)C1=N[C@@H]2[C@@H](CS(=O)(=O)O)[C@H]3OC(c4ccccc4)OC[C@H]3O[C@@H]2S1. The first-order valence-corrected chi connectivity index (χ1v) is 13.6. The number of hydrogen-bond donors (Lipinski definition) is 1. The standard InChI is InChI=1S/C22H30N2O8S2/c1-5-24(21(25)32-22(2,3)4)20-23-16-14(12-34(26,27)28)17-15(30-19(16)33-20)11-29-18(31-17)13-9-7-6-8-10-13/h6-10,14-19H,5,11-12H2,1-4H3,(H,26,27,28)/t14-,15-,16-,17-,18?,19-/m1/s1. The van der Waals surface area contributed by atoms with Crippen molar-refractivity contribution in [2.45, 2.75) is 63.3 Å². The summed E-state index contributed by atoms with van der Waals surface area (Å²) < 4.78 is 57.3. The fourth-order valence-corrected chi connectivity index (χ4v) is 6.41. The number of hydrogen-bond acceptors (Lipinski definition) is 9. The molecule has 10 nitrogen and oxygen atoms in total. The first-order valence-electron chi connectivity index (χ1n) is 11.1. The second-order valence-electron chi connectivity index (χ2n) is 9.38. The number of carbonyl (C=O) groups excluding carboxylic acids is 1. The van der Waals surface area contributed by atoms with E-state index < -0.39 is 63.5 Å². The molecule has 4 rings (SSSR count). The van der Waals surface area contributed by atoms with E-state index in [-0.39, 0.29) is 6.61 Å². The topological polar surface area (TPSA) is 124 Å². The zero-order chi connectivity index (χ0) is 24.7. The molecule has 188 valence electrons. The van der Waals surface area contributed by atoms with E-state index in [1.807, 2.05) is 30.3 Å². The third-order valence-corrected chi connectivity index (χ3v) is 7.59. The Morgan fingerprint density at radius 2 is 1.97 bits per heavy atom. The van der Waals surface area contributed by atoms with Crippen molar-refractivity contribution in [2.75, 3.05) is 18.9 Å². The maximum atomic E-state index is 12.7. The van der Waals surface area contributed by atoms with Gasteiger partial charge in [0.15, 0.2) is 11.5 Å². The molecule has 1 aromatic carbocycles. The van der Waals surface area contributed by atoms with Gasteiger partial charge < -0.3 is 18.9 Å². The minimum absolute atomic E-state index is 0.189. The van der Waals surface area contributed by atoms with Crippen LogP contribution in [0.3, 0.4) is 0 Å². The number of amides is 1. The molecule has 3 aliphatic rings. The molecule has 2 saturated heterocycles. The Kier molecular flexibility index (Phi) is 7.28. The van der Waals surface area contributed by atoms with Crippen LogP contribution in [0, 0.1) is 5.92 Å². The van der Waals surface area contributed by atoms with Crippen LogP contribution in [0.15, 0.2) is 35.3 Å². The molecule has 0 saturated carbocycles. The highest BCUT2D eigenvalue weighted by Gasteiger charge is 2.54. The van der Waals surface area contributed by atoms with Gasteiger partial charge in [-0.1, -0.05) is 42.1 Å². The Balaban J connectivity index is 1.61. The Bertz CT molecular complexity index is 1030. The number of benzene rings is 1. The molecule has 0 spiro atoms. The lowest BCUT2D eigenvalue weighted by molar-refractivity contribution is -0.294. The molecule has 1 aromatic rings. The van der Waals surface area contributed by atoms with Crippen molar-refractivity contribution in [3.8, 4) is 0 Å². The lowest BCUT2D eigenvalue weighted by Gasteiger charge is -2.46. The Hall–Kier alpha value is -1.70. The van der Waals surface area contributed by atoms with Gasteiger partial charge >= 0.3 is 6.09 Å². The third-order valence-electron chi connectivity index (χ3n) is 5.62. The Labute approximate surface area is 203 Å². The average molecular weight is 515 g/mol. The monoisotopic (exact) mass is 514 g/mol. The summed E-state index contributed by atoms with van der Waals surface area (Å²) in [6, 6.07) is 8.66. The molecule has 34 heavy (non-hydrogen) atoms. The van der Waals surface area contributed by atoms with E-state index in [1.165, 1.54) is 16.7 Å². The number of aliphatic imine (C=N–C) groups is 1. The number of amidine groups is 1. The summed E-state index contributed by atoms with van der Waals surface area (Å²) in [6.45, 7) is 7.63. The lowest BCUT2D eigenvalue weighted by atomic mass is 9.89. The third kappa shape index (κ3) is 5.74. The van der Waals surface area contributed by atoms with Gasteiger partial charge in [0.2, 0.25) is 0 Å². The Morgan fingerprint density at radius 1 is 1.26 bits per heavy atom. The molecule has 0 aromatic heterocycles. The number of fused-ring (bicyclic) bond motifs is 2. The molecule has 1 amide bonds. The zero-order valence-electron chi connectivity index (χ0n) is 19.5. The highest BCUT2D eigenvalue weighted by atomic mass is 32.2. The fraction of sp³-hybridized carbons (Fsp3) is 0.636. The molecule has 2 fully saturated rings. The van der Waals surface area contributed by atoms with Gasteiger partial charge in [0.05, 0.1) is 24.5 Å². The number of thioether (sulfide) groups is 1. The lowest BCUT2D eigenvalue weighted by Crippen LogP contribution is -2.58. The van der Waals surface area contributed by atoms with E-state index >= 15 is 0 Å². The first-order chi connectivity index (χ1) is 15.9. The van der Waals surface area contributed by atoms with E-state index in [2.05, 4.69) is 4.99 Å². The second-order valence-corrected chi connectivity index (χ2v) is 11.9. The predicted molar refractivity (Wildman–Crippen MR) is 126 cm³/mol. The van der Waals surface area contributed by atoms with Gasteiger partial charge in [-0.05, 0) is 27.7 Å². The van der Waals surface area contributed by atoms with E-state index in [0.717, 1.165) is 5.56 Å². The molecule has 0 radical (unpaired) electrons. The van der Waals surface area contributed by atoms with Crippen molar-refractivity contribution < 1.29 is 36.7 Å². The van der Waals surface area contributed by atoms with Crippen LogP contribution in [0.1, 0.15) is 39.5 Å². The minimum atomic E-state index is -4.34. The molecule has 1 N–H and O–H groups in total. The summed E-state index contributed by atoms with van der Waals surface area (Å²) in [5.41, 5.74) is -0.446. The van der Waals surface area contributed by atoms with Gasteiger partial charge in [-0.3, -0.25) is 14.4 Å². The van der Waals surface area contributed by atoms with Crippen LogP contribution < -0.4 is 0 Å². The summed E-state index contributed by atoms with van der Waals surface area (Å²) in [6.07, 6.45) is -2.47. The van der Waals surface area contributed by atoms with Crippen LogP contribution in [-0.4, -0.2) is 77.3 Å². The van der Waals surface area contributed by atoms with Gasteiger partial charge in [0.25, 0.3) is 10.1 Å². The minimum Gasteiger partial charge on any atom is -0.443 e. The van der Waals surface area contributed by atoms with Gasteiger partial charge in [-0.25, -0.2) is 4.79 Å². The molecule has 3 aliphatic heterocycles. The molecular formula is C22H30N2O8S2. The van der Waals surface area contributed by atoms with Crippen molar-refractivity contribution in [1.29, 1.82) is 0 Å². The second kappa shape index (κ2) is 9.75. The number of carbonyl (C=O) groups is 1. The van der Waals surface area contributed by atoms with Gasteiger partial charge in [-0.15, -0.1) is 0 Å². The zero-order valence-corrected chi connectivity index (χ0v) is 21.1. The van der Waals surface area contributed by atoms with Crippen LogP contribution in [0.5, 0.6) is 0 Å². The number of ether oxygens (including phenoxy) is 4. The number of nitrogens with zero attached hydrogens (tertiary/aromatic N) is 2. The maximum Gasteiger partial charge on any atom is 0.416 e. The number of rotatable bonds is 4. The molecule has 0 aliphatic carbocycles. The highest BCUT2D eigenvalue weighted by molar-refractivity contribution is 8.14. The van der Waals surface area contributed by atoms with Crippen LogP contribution in [-0.2, 0) is 29.1 Å². The summed E-state index contributed by atoms with van der Waals surface area (Å²) in [5, 5.41) is 0.381. The van der Waals surface area contributed by atoms with Crippen LogP contribution in [0.4, 0.5) is 4.79 Å². The Morgan fingerprint density at radius 3 is 2.59 bits per heavy atom. The van der Waals surface area contributed by atoms with E-state index in [9.17, 15) is 17.8 Å². The van der Waals surface area contributed by atoms with Crippen LogP contribution in [0.2, 0.25) is 0 Å². The normalized spacial score (nSPS) is 31.3. The van der Waals surface area contributed by atoms with Gasteiger partial charge in [-0.2, -0.15) is 8.42 Å². The molecule has 6 atom stereocenters. The van der Waals surface area contributed by atoms with Crippen molar-refractivity contribution in [1.82, 2.24) is 4.90 Å². The van der Waals surface area contributed by atoms with Crippen molar-refractivity contribution in [3.05, 3.63) is 35.9 Å². The largest absolute Gasteiger partial charge is 0.443 e. The molecule has 3 heterocycles. The van der Waals surface area contributed by atoms with Crippen molar-refractivity contribution in [3.63, 3.8) is 0 Å². The summed E-state index contributed by atoms with van der Waals surface area (Å²) >= 11 is 1.23. The quantitative estimate of drug-likeness (QED) is 0.604. The highest BCUT2D eigenvalue weighted by Crippen LogP contribution is 2.45. The van der Waals surface area contributed by atoms with E-state index in [4.69, 9.17) is 18.9 Å². The van der Waals surface area contributed by atoms with Crippen molar-refractivity contribution >= 4 is 33.1 Å². The predicted octanol–water partition coefficient (Wildman–Crippen LogP) is 3.06. The average Bonchev–Trinajstić information content (AvgIpc) is 3.16. The first kappa shape index (κ1) is 25.4. The maximum absolute atomic E-state index is 12.7. The van der Waals surface area contributed by atoms with Crippen molar-refractivity contribution in [2.24, 2.45) is 10.9 Å². The molecule has 0 bridgehead atoms. The van der Waals surface area contributed by atoms with Crippen LogP contribution >= 0.6 is 11.8 Å². The van der Waals surface area contributed by atoms with E-state index in [0.29, 0.717) is 11.7 Å². The molecule has 12 heteroatoms. The molecule has 1 unspecified atom stereocenters. The summed E-state index contributed by atoms with van der Waals surface area (Å²) in [7, 11) is -4.34. The summed E-state index contributed by atoms with van der Waals surface area (Å²) in [4.78, 5) is 18.8. The fourth-order valence-electron chi connectivity index (χ4n) is 4.22.